The van der Waals surface area contributed by atoms with Gasteiger partial charge in [-0.05, 0) is 12.1 Å². The summed E-state index contributed by atoms with van der Waals surface area (Å²) in [5, 5.41) is 3.50. The molecule has 1 unspecified atom stereocenters. The SMILES string of the molecule is CS(=O)(=O)Oc1cc(C(F)(F)F)ccc1C1CC=NO1. The molecular formula is C11H10F3NO4S. The van der Waals surface area contributed by atoms with Crippen molar-refractivity contribution >= 4 is 16.3 Å². The molecule has 0 saturated heterocycles. The van der Waals surface area contributed by atoms with Gasteiger partial charge in [-0.2, -0.15) is 21.6 Å². The number of hydrogen-bond acceptors (Lipinski definition) is 5. The van der Waals surface area contributed by atoms with Gasteiger partial charge in [-0.15, -0.1) is 0 Å². The number of alkyl halides is 3. The van der Waals surface area contributed by atoms with Gasteiger partial charge in [0, 0.05) is 18.2 Å². The van der Waals surface area contributed by atoms with Gasteiger partial charge in [-0.3, -0.25) is 0 Å². The van der Waals surface area contributed by atoms with Crippen LogP contribution in [0.2, 0.25) is 0 Å². The molecular weight excluding hydrogens is 299 g/mol. The maximum atomic E-state index is 12.6. The van der Waals surface area contributed by atoms with E-state index in [1.54, 1.807) is 0 Å². The van der Waals surface area contributed by atoms with Gasteiger partial charge in [0.2, 0.25) is 0 Å². The van der Waals surface area contributed by atoms with Crippen LogP contribution in [-0.2, 0) is 21.1 Å². The summed E-state index contributed by atoms with van der Waals surface area (Å²) in [6.45, 7) is 0. The summed E-state index contributed by atoms with van der Waals surface area (Å²) in [6, 6.07) is 2.60. The third-order valence-electron chi connectivity index (χ3n) is 2.51. The first kappa shape index (κ1) is 14.6. The zero-order valence-corrected chi connectivity index (χ0v) is 11.0. The van der Waals surface area contributed by atoms with E-state index in [0.717, 1.165) is 18.4 Å². The monoisotopic (exact) mass is 309 g/mol. The van der Waals surface area contributed by atoms with Crippen molar-refractivity contribution in [1.82, 2.24) is 0 Å². The Kier molecular flexibility index (Phi) is 3.63. The Hall–Kier alpha value is -1.77. The van der Waals surface area contributed by atoms with Crippen LogP contribution in [0.25, 0.3) is 0 Å². The average Bonchev–Trinajstić information content (AvgIpc) is 2.78. The Bertz CT molecular complexity index is 632. The maximum Gasteiger partial charge on any atom is 0.416 e. The minimum atomic E-state index is -4.60. The van der Waals surface area contributed by atoms with Crippen LogP contribution in [0.15, 0.2) is 23.4 Å². The molecule has 1 aromatic carbocycles. The van der Waals surface area contributed by atoms with E-state index < -0.39 is 33.7 Å². The standard InChI is InChI=1S/C11H10F3NO4S/c1-20(16,17)19-10-6-7(11(12,13)14)2-3-8(10)9-4-5-15-18-9/h2-3,5-6,9H,4H2,1H3. The molecule has 1 aliphatic rings. The largest absolute Gasteiger partial charge is 0.416 e. The van der Waals surface area contributed by atoms with Crippen LogP contribution in [0.5, 0.6) is 5.75 Å². The summed E-state index contributed by atoms with van der Waals surface area (Å²) in [7, 11) is -3.96. The number of benzene rings is 1. The molecule has 0 radical (unpaired) electrons. The quantitative estimate of drug-likeness (QED) is 0.805. The summed E-state index contributed by atoms with van der Waals surface area (Å²) in [4.78, 5) is 4.93. The molecule has 2 rings (SSSR count). The smallest absolute Gasteiger partial charge is 0.387 e. The predicted molar refractivity (Wildman–Crippen MR) is 63.9 cm³/mol. The zero-order chi connectivity index (χ0) is 15.0. The highest BCUT2D eigenvalue weighted by molar-refractivity contribution is 7.86. The number of nitrogens with zero attached hydrogens (tertiary/aromatic N) is 1. The molecule has 9 heteroatoms. The van der Waals surface area contributed by atoms with Crippen LogP contribution in [0.1, 0.15) is 23.7 Å². The molecule has 0 amide bonds. The Balaban J connectivity index is 2.45. The molecule has 1 atom stereocenters. The lowest BCUT2D eigenvalue weighted by molar-refractivity contribution is -0.137. The first-order valence-corrected chi connectivity index (χ1v) is 7.27. The van der Waals surface area contributed by atoms with E-state index in [4.69, 9.17) is 4.84 Å². The van der Waals surface area contributed by atoms with E-state index in [1.165, 1.54) is 6.21 Å². The summed E-state index contributed by atoms with van der Waals surface area (Å²) in [6.07, 6.45) is -2.74. The van der Waals surface area contributed by atoms with E-state index in [1.807, 2.05) is 0 Å². The number of hydrogen-bond donors (Lipinski definition) is 0. The third-order valence-corrected chi connectivity index (χ3v) is 2.99. The van der Waals surface area contributed by atoms with Crippen LogP contribution in [0, 0.1) is 0 Å². The molecule has 0 bridgehead atoms. The fourth-order valence-electron chi connectivity index (χ4n) is 1.69. The molecule has 0 aromatic heterocycles. The maximum absolute atomic E-state index is 12.6. The number of oxime groups is 1. The Morgan fingerprint density at radius 2 is 2.10 bits per heavy atom. The Morgan fingerprint density at radius 1 is 1.40 bits per heavy atom. The van der Waals surface area contributed by atoms with Gasteiger partial charge >= 0.3 is 16.3 Å². The fourth-order valence-corrected chi connectivity index (χ4v) is 2.16. The van der Waals surface area contributed by atoms with E-state index in [0.29, 0.717) is 12.5 Å². The lowest BCUT2D eigenvalue weighted by atomic mass is 10.0. The molecule has 0 N–H and O–H groups in total. The van der Waals surface area contributed by atoms with Gasteiger partial charge in [-0.25, -0.2) is 0 Å². The van der Waals surface area contributed by atoms with Crippen LogP contribution < -0.4 is 4.18 Å². The van der Waals surface area contributed by atoms with Crippen molar-refractivity contribution in [3.63, 3.8) is 0 Å². The second kappa shape index (κ2) is 4.97. The number of halogens is 3. The van der Waals surface area contributed by atoms with E-state index in [9.17, 15) is 21.6 Å². The molecule has 0 spiro atoms. The molecule has 1 aromatic rings. The second-order valence-corrected chi connectivity index (χ2v) is 5.73. The van der Waals surface area contributed by atoms with Crippen molar-refractivity contribution in [2.75, 3.05) is 6.26 Å². The molecule has 0 aliphatic carbocycles. The van der Waals surface area contributed by atoms with E-state index >= 15 is 0 Å². The van der Waals surface area contributed by atoms with Crippen LogP contribution >= 0.6 is 0 Å². The van der Waals surface area contributed by atoms with Crippen molar-refractivity contribution in [3.05, 3.63) is 29.3 Å². The van der Waals surface area contributed by atoms with Crippen LogP contribution in [-0.4, -0.2) is 20.9 Å². The van der Waals surface area contributed by atoms with Crippen LogP contribution in [0.4, 0.5) is 13.2 Å². The van der Waals surface area contributed by atoms with Gasteiger partial charge < -0.3 is 9.02 Å². The summed E-state index contributed by atoms with van der Waals surface area (Å²) < 4.78 is 64.9. The predicted octanol–water partition coefficient (Wildman–Crippen LogP) is 2.49. The lowest BCUT2D eigenvalue weighted by Gasteiger charge is -2.16. The first-order chi connectivity index (χ1) is 9.17. The Labute approximate surface area is 113 Å². The van der Waals surface area contributed by atoms with Gasteiger partial charge in [-0.1, -0.05) is 11.2 Å². The molecule has 110 valence electrons. The molecule has 1 heterocycles. The summed E-state index contributed by atoms with van der Waals surface area (Å²) in [5.74, 6) is -0.405. The van der Waals surface area contributed by atoms with Gasteiger partial charge in [0.05, 0.1) is 11.8 Å². The molecule has 0 fully saturated rings. The van der Waals surface area contributed by atoms with Crippen LogP contribution in [0.3, 0.4) is 0 Å². The Morgan fingerprint density at radius 3 is 2.60 bits per heavy atom. The molecule has 1 aliphatic heterocycles. The summed E-state index contributed by atoms with van der Waals surface area (Å²) >= 11 is 0. The van der Waals surface area contributed by atoms with Crippen molar-refractivity contribution in [2.24, 2.45) is 5.16 Å². The average molecular weight is 309 g/mol. The van der Waals surface area contributed by atoms with Gasteiger partial charge in [0.25, 0.3) is 0 Å². The number of rotatable bonds is 3. The van der Waals surface area contributed by atoms with E-state index in [2.05, 4.69) is 9.34 Å². The van der Waals surface area contributed by atoms with Crippen molar-refractivity contribution in [2.45, 2.75) is 18.7 Å². The minimum Gasteiger partial charge on any atom is -0.387 e. The topological polar surface area (TPSA) is 65.0 Å². The summed E-state index contributed by atoms with van der Waals surface area (Å²) in [5.41, 5.74) is -0.806. The molecule has 20 heavy (non-hydrogen) atoms. The highest BCUT2D eigenvalue weighted by atomic mass is 32.2. The zero-order valence-electron chi connectivity index (χ0n) is 10.2. The fraction of sp³-hybridized carbons (Fsp3) is 0.364. The van der Waals surface area contributed by atoms with Gasteiger partial charge in [0.1, 0.15) is 5.75 Å². The highest BCUT2D eigenvalue weighted by Crippen LogP contribution is 2.38. The minimum absolute atomic E-state index is 0.195. The van der Waals surface area contributed by atoms with Gasteiger partial charge in [0.15, 0.2) is 6.10 Å². The molecule has 5 nitrogen and oxygen atoms in total. The molecule has 0 saturated carbocycles. The van der Waals surface area contributed by atoms with Crippen molar-refractivity contribution in [3.8, 4) is 5.75 Å². The lowest BCUT2D eigenvalue weighted by Crippen LogP contribution is -2.12. The third kappa shape index (κ3) is 3.41. The van der Waals surface area contributed by atoms with E-state index in [-0.39, 0.29) is 5.56 Å². The van der Waals surface area contributed by atoms with Crippen molar-refractivity contribution < 1.29 is 30.6 Å². The highest BCUT2D eigenvalue weighted by Gasteiger charge is 2.33. The second-order valence-electron chi connectivity index (χ2n) is 4.16. The normalized spacial score (nSPS) is 18.9. The first-order valence-electron chi connectivity index (χ1n) is 5.45. The van der Waals surface area contributed by atoms with Crippen molar-refractivity contribution in [1.29, 1.82) is 0 Å².